The Kier molecular flexibility index (Phi) is 4.60. The molecule has 0 fully saturated rings. The van der Waals surface area contributed by atoms with E-state index in [9.17, 15) is 8.78 Å². The summed E-state index contributed by atoms with van der Waals surface area (Å²) >= 11 is 5.77. The third-order valence-corrected chi connectivity index (χ3v) is 5.65. The molecule has 146 valence electrons. The Morgan fingerprint density at radius 3 is 2.23 bits per heavy atom. The molecule has 30 heavy (non-hydrogen) atoms. The van der Waals surface area contributed by atoms with Gasteiger partial charge >= 0.3 is 0 Å². The lowest BCUT2D eigenvalue weighted by molar-refractivity contribution is 0.626. The van der Waals surface area contributed by atoms with Gasteiger partial charge in [-0.05, 0) is 53.6 Å². The van der Waals surface area contributed by atoms with Gasteiger partial charge in [-0.1, -0.05) is 54.7 Å². The molecule has 0 N–H and O–H groups in total. The van der Waals surface area contributed by atoms with Crippen LogP contribution < -0.4 is 4.90 Å². The summed E-state index contributed by atoms with van der Waals surface area (Å²) in [6.07, 6.45) is 0. The van der Waals surface area contributed by atoms with E-state index in [0.717, 1.165) is 33.6 Å². The highest BCUT2D eigenvalue weighted by atomic mass is 32.1. The predicted molar refractivity (Wildman–Crippen MR) is 119 cm³/mol. The van der Waals surface area contributed by atoms with Gasteiger partial charge in [-0.2, -0.15) is 0 Å². The highest BCUT2D eigenvalue weighted by Crippen LogP contribution is 2.38. The minimum atomic E-state index is -0.326. The summed E-state index contributed by atoms with van der Waals surface area (Å²) in [6, 6.07) is 24.7. The first-order valence-electron chi connectivity index (χ1n) is 9.53. The minimum Gasteiger partial charge on any atom is -0.324 e. The summed E-state index contributed by atoms with van der Waals surface area (Å²) in [4.78, 5) is 7.15. The number of fused-ring (bicyclic) bond motifs is 1. The fourth-order valence-electron chi connectivity index (χ4n) is 3.79. The van der Waals surface area contributed by atoms with Crippen LogP contribution in [0.15, 0.2) is 84.9 Å². The number of halogens is 2. The lowest BCUT2D eigenvalue weighted by Crippen LogP contribution is -2.23. The summed E-state index contributed by atoms with van der Waals surface area (Å²) in [6.45, 7) is 0.379. The zero-order valence-electron chi connectivity index (χ0n) is 15.8. The molecule has 0 bridgehead atoms. The summed E-state index contributed by atoms with van der Waals surface area (Å²) in [7, 11) is 0. The SMILES string of the molecule is Fc1ccc(-c2cc(-c3ccccc3)c3c(n2)CN(c2ccccc2F)C3=S)cc1. The largest absolute Gasteiger partial charge is 0.324 e. The highest BCUT2D eigenvalue weighted by Gasteiger charge is 2.31. The molecule has 5 rings (SSSR count). The van der Waals surface area contributed by atoms with E-state index in [1.807, 2.05) is 36.4 Å². The number of anilines is 1. The summed E-state index contributed by atoms with van der Waals surface area (Å²) in [5, 5.41) is 0. The van der Waals surface area contributed by atoms with Crippen LogP contribution in [0.4, 0.5) is 14.5 Å². The minimum absolute atomic E-state index is 0.296. The molecular formula is C25H16F2N2S. The van der Waals surface area contributed by atoms with Crippen LogP contribution >= 0.6 is 12.2 Å². The molecule has 3 aromatic carbocycles. The molecule has 2 heterocycles. The van der Waals surface area contributed by atoms with Crippen molar-refractivity contribution in [2.24, 2.45) is 0 Å². The van der Waals surface area contributed by atoms with Crippen LogP contribution in [0.2, 0.25) is 0 Å². The Hall–Kier alpha value is -3.44. The molecular weight excluding hydrogens is 398 g/mol. The van der Waals surface area contributed by atoms with Crippen molar-refractivity contribution < 1.29 is 8.78 Å². The van der Waals surface area contributed by atoms with Crippen molar-refractivity contribution in [3.05, 3.63) is 108 Å². The molecule has 0 amide bonds. The maximum atomic E-state index is 14.5. The lowest BCUT2D eigenvalue weighted by Gasteiger charge is -2.18. The third-order valence-electron chi connectivity index (χ3n) is 5.23. The summed E-state index contributed by atoms with van der Waals surface area (Å²) in [5.74, 6) is -0.622. The number of pyridine rings is 1. The predicted octanol–water partition coefficient (Wildman–Crippen LogP) is 6.39. The van der Waals surface area contributed by atoms with Gasteiger partial charge < -0.3 is 4.90 Å². The van der Waals surface area contributed by atoms with Gasteiger partial charge in [-0.25, -0.2) is 8.78 Å². The molecule has 4 aromatic rings. The highest BCUT2D eigenvalue weighted by molar-refractivity contribution is 7.81. The van der Waals surface area contributed by atoms with Crippen molar-refractivity contribution >= 4 is 22.9 Å². The average molecular weight is 414 g/mol. The molecule has 1 aliphatic heterocycles. The van der Waals surface area contributed by atoms with Crippen LogP contribution in [0, 0.1) is 11.6 Å². The number of aromatic nitrogens is 1. The first-order chi connectivity index (χ1) is 14.6. The van der Waals surface area contributed by atoms with Crippen LogP contribution in [0.1, 0.15) is 11.3 Å². The number of hydrogen-bond donors (Lipinski definition) is 0. The Bertz CT molecular complexity index is 1250. The maximum absolute atomic E-state index is 14.5. The topological polar surface area (TPSA) is 16.1 Å². The van der Waals surface area contributed by atoms with Crippen LogP contribution in [0.5, 0.6) is 0 Å². The number of thiocarbonyl (C=S) groups is 1. The zero-order chi connectivity index (χ0) is 20.7. The Morgan fingerprint density at radius 1 is 0.800 bits per heavy atom. The molecule has 1 aliphatic rings. The number of benzene rings is 3. The Labute approximate surface area is 178 Å². The van der Waals surface area contributed by atoms with Crippen LogP contribution in [-0.4, -0.2) is 9.97 Å². The van der Waals surface area contributed by atoms with Gasteiger partial charge in [0.05, 0.1) is 23.6 Å². The Balaban J connectivity index is 1.69. The van der Waals surface area contributed by atoms with E-state index in [1.165, 1.54) is 18.2 Å². The van der Waals surface area contributed by atoms with E-state index < -0.39 is 0 Å². The van der Waals surface area contributed by atoms with Gasteiger partial charge in [-0.3, -0.25) is 4.98 Å². The standard InChI is InChI=1S/C25H16F2N2S/c26-18-12-10-17(11-13-18)21-14-19(16-6-2-1-3-7-16)24-22(28-21)15-29(25(24)30)23-9-5-4-8-20(23)27/h1-14H,15H2. The van der Waals surface area contributed by atoms with Crippen molar-refractivity contribution in [3.8, 4) is 22.4 Å². The quantitative estimate of drug-likeness (QED) is 0.361. The maximum Gasteiger partial charge on any atom is 0.146 e. The molecule has 0 radical (unpaired) electrons. The lowest BCUT2D eigenvalue weighted by atomic mass is 9.97. The Morgan fingerprint density at radius 2 is 1.50 bits per heavy atom. The van der Waals surface area contributed by atoms with Gasteiger partial charge in [0.2, 0.25) is 0 Å². The van der Waals surface area contributed by atoms with Crippen molar-refractivity contribution in [2.75, 3.05) is 4.90 Å². The second-order valence-corrected chi connectivity index (χ2v) is 7.48. The molecule has 0 saturated heterocycles. The summed E-state index contributed by atoms with van der Waals surface area (Å²) in [5.41, 5.74) is 5.52. The van der Waals surface area contributed by atoms with Crippen LogP contribution in [0.25, 0.3) is 22.4 Å². The van der Waals surface area contributed by atoms with E-state index in [-0.39, 0.29) is 11.6 Å². The zero-order valence-corrected chi connectivity index (χ0v) is 16.7. The number of hydrogen-bond acceptors (Lipinski definition) is 2. The van der Waals surface area contributed by atoms with Gasteiger partial charge in [0.25, 0.3) is 0 Å². The average Bonchev–Trinajstić information content (AvgIpc) is 3.11. The van der Waals surface area contributed by atoms with Crippen LogP contribution in [-0.2, 0) is 6.54 Å². The first kappa shape index (κ1) is 18.6. The normalized spacial score (nSPS) is 12.9. The van der Waals surface area contributed by atoms with Crippen molar-refractivity contribution in [1.82, 2.24) is 4.98 Å². The molecule has 0 saturated carbocycles. The monoisotopic (exact) mass is 414 g/mol. The van der Waals surface area contributed by atoms with E-state index in [0.29, 0.717) is 17.2 Å². The van der Waals surface area contributed by atoms with Gasteiger partial charge in [0.1, 0.15) is 16.6 Å². The van der Waals surface area contributed by atoms with Gasteiger partial charge in [-0.15, -0.1) is 0 Å². The van der Waals surface area contributed by atoms with Crippen molar-refractivity contribution in [2.45, 2.75) is 6.54 Å². The van der Waals surface area contributed by atoms with Crippen LogP contribution in [0.3, 0.4) is 0 Å². The summed E-state index contributed by atoms with van der Waals surface area (Å²) < 4.78 is 27.9. The molecule has 0 spiro atoms. The molecule has 5 heteroatoms. The van der Waals surface area contributed by atoms with E-state index in [1.54, 1.807) is 35.2 Å². The van der Waals surface area contributed by atoms with E-state index >= 15 is 0 Å². The number of para-hydroxylation sites is 1. The van der Waals surface area contributed by atoms with Crippen molar-refractivity contribution in [1.29, 1.82) is 0 Å². The molecule has 2 nitrogen and oxygen atoms in total. The van der Waals surface area contributed by atoms with E-state index in [2.05, 4.69) is 0 Å². The second-order valence-electron chi connectivity index (χ2n) is 7.09. The first-order valence-corrected chi connectivity index (χ1v) is 9.94. The van der Waals surface area contributed by atoms with E-state index in [4.69, 9.17) is 17.2 Å². The fraction of sp³-hybridized carbons (Fsp3) is 0.0400. The molecule has 0 atom stereocenters. The van der Waals surface area contributed by atoms with Gasteiger partial charge in [0.15, 0.2) is 0 Å². The third kappa shape index (κ3) is 3.17. The van der Waals surface area contributed by atoms with Gasteiger partial charge in [0, 0.05) is 11.1 Å². The smallest absolute Gasteiger partial charge is 0.146 e. The number of rotatable bonds is 3. The van der Waals surface area contributed by atoms with Crippen molar-refractivity contribution in [3.63, 3.8) is 0 Å². The molecule has 1 aromatic heterocycles. The second kappa shape index (κ2) is 7.43. The molecule has 0 unspecified atom stereocenters. The number of nitrogens with zero attached hydrogens (tertiary/aromatic N) is 2. The fourth-order valence-corrected chi connectivity index (χ4v) is 4.18. The molecule has 0 aliphatic carbocycles.